The molecule has 2 heterocycles. The highest BCUT2D eigenvalue weighted by Crippen LogP contribution is 2.66. The second kappa shape index (κ2) is 5.51. The molecule has 4 unspecified atom stereocenters. The van der Waals surface area contributed by atoms with Gasteiger partial charge in [-0.05, 0) is 80.4 Å². The second-order valence-corrected chi connectivity index (χ2v) is 11.4. The molecular weight excluding hydrogens is 376 g/mol. The fourth-order valence-electron chi connectivity index (χ4n) is 7.54. The van der Waals surface area contributed by atoms with Crippen LogP contribution in [0.4, 0.5) is 5.69 Å². The monoisotopic (exact) mass is 402 g/mol. The number of carboxylic acids is 1. The van der Waals surface area contributed by atoms with E-state index in [9.17, 15) is 18.3 Å². The molecular formula is C21H26N2O4S. The lowest BCUT2D eigenvalue weighted by molar-refractivity contribution is -0.169. The molecule has 7 rings (SSSR count). The molecule has 1 aromatic rings. The Labute approximate surface area is 165 Å². The smallest absolute Gasteiger partial charge is 0.310 e. The van der Waals surface area contributed by atoms with Gasteiger partial charge in [-0.25, -0.2) is 8.42 Å². The van der Waals surface area contributed by atoms with Gasteiger partial charge in [-0.15, -0.1) is 0 Å². The van der Waals surface area contributed by atoms with E-state index in [1.54, 1.807) is 6.07 Å². The molecule has 4 bridgehead atoms. The van der Waals surface area contributed by atoms with Crippen LogP contribution >= 0.6 is 0 Å². The number of benzene rings is 1. The van der Waals surface area contributed by atoms with Gasteiger partial charge in [0.2, 0.25) is 10.0 Å². The van der Waals surface area contributed by atoms with Crippen molar-refractivity contribution in [2.45, 2.75) is 61.9 Å². The van der Waals surface area contributed by atoms with Crippen LogP contribution in [0.2, 0.25) is 0 Å². The molecule has 4 saturated carbocycles. The van der Waals surface area contributed by atoms with E-state index in [-0.39, 0.29) is 12.1 Å². The molecule has 6 nitrogen and oxygen atoms in total. The fraction of sp³-hybridized carbons (Fsp3) is 0.667. The molecule has 0 aromatic heterocycles. The van der Waals surface area contributed by atoms with Gasteiger partial charge < -0.3 is 10.0 Å². The number of carbonyl (C=O) groups is 1. The van der Waals surface area contributed by atoms with Crippen LogP contribution in [-0.4, -0.2) is 32.2 Å². The van der Waals surface area contributed by atoms with Crippen molar-refractivity contribution in [2.24, 2.45) is 23.2 Å². The van der Waals surface area contributed by atoms with Crippen LogP contribution in [0.5, 0.6) is 0 Å². The van der Waals surface area contributed by atoms with Gasteiger partial charge in [0, 0.05) is 12.5 Å². The zero-order valence-electron chi connectivity index (χ0n) is 15.8. The largest absolute Gasteiger partial charge is 0.481 e. The lowest BCUT2D eigenvalue weighted by atomic mass is 9.44. The third-order valence-corrected chi connectivity index (χ3v) is 9.71. The lowest BCUT2D eigenvalue weighted by Crippen LogP contribution is -2.55. The van der Waals surface area contributed by atoms with E-state index in [4.69, 9.17) is 0 Å². The number of nitrogens with zero attached hydrogens (tertiary/aromatic N) is 1. The van der Waals surface area contributed by atoms with Crippen molar-refractivity contribution in [1.82, 2.24) is 4.72 Å². The van der Waals surface area contributed by atoms with Gasteiger partial charge in [0.15, 0.2) is 0 Å². The maximum absolute atomic E-state index is 12.9. The minimum Gasteiger partial charge on any atom is -0.481 e. The summed E-state index contributed by atoms with van der Waals surface area (Å²) in [4.78, 5) is 14.9. The summed E-state index contributed by atoms with van der Waals surface area (Å²) in [6, 6.07) is 5.75. The Balaban J connectivity index is 1.48. The van der Waals surface area contributed by atoms with Crippen molar-refractivity contribution in [3.63, 3.8) is 0 Å². The number of carboxylic acid groups (broad SMARTS) is 1. The van der Waals surface area contributed by atoms with Gasteiger partial charge in [-0.2, -0.15) is 4.72 Å². The summed E-state index contributed by atoms with van der Waals surface area (Å²) in [5.41, 5.74) is 0.969. The lowest BCUT2D eigenvalue weighted by Gasteiger charge is -2.59. The molecule has 28 heavy (non-hydrogen) atoms. The number of aliphatic carboxylic acids is 1. The standard InChI is InChI=1S/C21H26N2O4S/c24-20(25)21-10-12-6-13(11-21)8-15(7-12)19(21)14-3-4-16-17(9-14)28(26,27)22-18-2-1-5-23(16)18/h3-4,9,12-13,15,18-19,22H,1-2,5-8,10-11H2,(H,24,25). The molecule has 5 fully saturated rings. The van der Waals surface area contributed by atoms with Crippen molar-refractivity contribution in [3.05, 3.63) is 23.8 Å². The summed E-state index contributed by atoms with van der Waals surface area (Å²) >= 11 is 0. The average Bonchev–Trinajstić information content (AvgIpc) is 3.08. The summed E-state index contributed by atoms with van der Waals surface area (Å²) in [7, 11) is -3.56. The third kappa shape index (κ3) is 2.17. The Morgan fingerprint density at radius 1 is 1.18 bits per heavy atom. The number of fused-ring (bicyclic) bond motifs is 3. The summed E-state index contributed by atoms with van der Waals surface area (Å²) in [5.74, 6) is 0.653. The van der Waals surface area contributed by atoms with Gasteiger partial charge in [-0.1, -0.05) is 6.07 Å². The number of hydrogen-bond acceptors (Lipinski definition) is 4. The predicted molar refractivity (Wildman–Crippen MR) is 103 cm³/mol. The topological polar surface area (TPSA) is 86.7 Å². The first-order valence-electron chi connectivity index (χ1n) is 10.5. The van der Waals surface area contributed by atoms with E-state index in [0.717, 1.165) is 56.3 Å². The zero-order chi connectivity index (χ0) is 19.3. The van der Waals surface area contributed by atoms with Crippen LogP contribution in [0, 0.1) is 23.2 Å². The summed E-state index contributed by atoms with van der Waals surface area (Å²) in [6.45, 7) is 0.855. The Bertz CT molecular complexity index is 961. The minimum atomic E-state index is -3.56. The van der Waals surface area contributed by atoms with Crippen molar-refractivity contribution < 1.29 is 18.3 Å². The first-order chi connectivity index (χ1) is 13.4. The number of rotatable bonds is 2. The molecule has 150 valence electrons. The van der Waals surface area contributed by atoms with Gasteiger partial charge in [0.05, 0.1) is 17.3 Å². The first kappa shape index (κ1) is 17.3. The normalized spacial score (nSPS) is 42.3. The number of anilines is 1. The minimum absolute atomic E-state index is 0.0744. The molecule has 0 radical (unpaired) electrons. The van der Waals surface area contributed by atoms with E-state index in [2.05, 4.69) is 9.62 Å². The molecule has 4 atom stereocenters. The average molecular weight is 403 g/mol. The molecule has 0 spiro atoms. The first-order valence-corrected chi connectivity index (χ1v) is 12.0. The molecule has 2 N–H and O–H groups in total. The van der Waals surface area contributed by atoms with Gasteiger partial charge in [0.25, 0.3) is 0 Å². The maximum atomic E-state index is 12.9. The van der Waals surface area contributed by atoms with Crippen LogP contribution in [0.3, 0.4) is 0 Å². The molecule has 7 heteroatoms. The van der Waals surface area contributed by atoms with Gasteiger partial charge in [0.1, 0.15) is 4.90 Å². The number of sulfonamides is 1. The quantitative estimate of drug-likeness (QED) is 0.794. The SMILES string of the molecule is O=C(O)C12CC3CC(CC(C3)C1c1ccc3c(c1)S(=O)(=O)NC1CCCN31)C2. The Morgan fingerprint density at radius 3 is 2.64 bits per heavy atom. The molecule has 4 aliphatic carbocycles. The zero-order valence-corrected chi connectivity index (χ0v) is 16.6. The van der Waals surface area contributed by atoms with Crippen molar-refractivity contribution in [1.29, 1.82) is 0 Å². The molecule has 6 aliphatic rings. The highest BCUT2D eigenvalue weighted by Gasteiger charge is 2.61. The molecule has 1 saturated heterocycles. The van der Waals surface area contributed by atoms with E-state index in [1.165, 1.54) is 6.42 Å². The van der Waals surface area contributed by atoms with Crippen molar-refractivity contribution in [2.75, 3.05) is 11.4 Å². The van der Waals surface area contributed by atoms with Crippen molar-refractivity contribution >= 4 is 21.7 Å². The molecule has 2 aliphatic heterocycles. The maximum Gasteiger partial charge on any atom is 0.310 e. The van der Waals surface area contributed by atoms with E-state index in [0.29, 0.717) is 22.6 Å². The highest BCUT2D eigenvalue weighted by molar-refractivity contribution is 7.89. The van der Waals surface area contributed by atoms with Gasteiger partial charge >= 0.3 is 5.97 Å². The van der Waals surface area contributed by atoms with Crippen LogP contribution in [0.15, 0.2) is 23.1 Å². The second-order valence-electron chi connectivity index (χ2n) is 9.75. The Morgan fingerprint density at radius 2 is 1.93 bits per heavy atom. The van der Waals surface area contributed by atoms with E-state index >= 15 is 0 Å². The molecule has 1 aromatic carbocycles. The number of hydrogen-bond donors (Lipinski definition) is 2. The fourth-order valence-corrected chi connectivity index (χ4v) is 9.02. The van der Waals surface area contributed by atoms with Crippen LogP contribution < -0.4 is 9.62 Å². The van der Waals surface area contributed by atoms with Crippen LogP contribution in [0.1, 0.15) is 56.4 Å². The van der Waals surface area contributed by atoms with Gasteiger partial charge in [-0.3, -0.25) is 4.79 Å². The van der Waals surface area contributed by atoms with E-state index in [1.807, 2.05) is 12.1 Å². The van der Waals surface area contributed by atoms with E-state index < -0.39 is 21.4 Å². The Kier molecular flexibility index (Phi) is 3.40. The van der Waals surface area contributed by atoms with Crippen LogP contribution in [0.25, 0.3) is 0 Å². The summed E-state index contributed by atoms with van der Waals surface area (Å²) in [5, 5.41) is 10.2. The Hall–Kier alpha value is -1.60. The third-order valence-electron chi connectivity index (χ3n) is 8.22. The molecule has 0 amide bonds. The number of nitrogens with one attached hydrogen (secondary N) is 1. The highest BCUT2D eigenvalue weighted by atomic mass is 32.2. The summed E-state index contributed by atoms with van der Waals surface area (Å²) < 4.78 is 28.7. The summed E-state index contributed by atoms with van der Waals surface area (Å²) in [6.07, 6.45) is 6.51. The van der Waals surface area contributed by atoms with Crippen molar-refractivity contribution in [3.8, 4) is 0 Å². The van der Waals surface area contributed by atoms with Crippen LogP contribution in [-0.2, 0) is 14.8 Å². The predicted octanol–water partition coefficient (Wildman–Crippen LogP) is 2.90.